The third kappa shape index (κ3) is 2.09. The Bertz CT molecular complexity index is 406. The lowest BCUT2D eigenvalue weighted by atomic mass is 10.3. The molecule has 0 atom stereocenters. The fourth-order valence-electron chi connectivity index (χ4n) is 1.65. The van der Waals surface area contributed by atoms with Gasteiger partial charge in [0, 0.05) is 12.3 Å². The van der Waals surface area contributed by atoms with Gasteiger partial charge in [-0.05, 0) is 26.0 Å². The minimum absolute atomic E-state index is 0.0441. The SMILES string of the molecule is CC1=NCCN(C(=O)c2ccc(C)o2)C1. The Balaban J connectivity index is 2.12. The van der Waals surface area contributed by atoms with Gasteiger partial charge in [0.15, 0.2) is 5.76 Å². The van der Waals surface area contributed by atoms with E-state index in [0.717, 1.165) is 11.5 Å². The number of hydrogen-bond acceptors (Lipinski definition) is 3. The van der Waals surface area contributed by atoms with Gasteiger partial charge in [0.25, 0.3) is 5.91 Å². The predicted molar refractivity (Wildman–Crippen MR) is 57.3 cm³/mol. The summed E-state index contributed by atoms with van der Waals surface area (Å²) in [6.07, 6.45) is 0. The van der Waals surface area contributed by atoms with Crippen LogP contribution in [0.25, 0.3) is 0 Å². The lowest BCUT2D eigenvalue weighted by molar-refractivity contribution is 0.0745. The van der Waals surface area contributed by atoms with Gasteiger partial charge in [0.05, 0.1) is 13.1 Å². The number of aryl methyl sites for hydroxylation is 1. The molecule has 0 fully saturated rings. The summed E-state index contributed by atoms with van der Waals surface area (Å²) in [5.41, 5.74) is 0.998. The van der Waals surface area contributed by atoms with Gasteiger partial charge in [0.1, 0.15) is 5.76 Å². The molecule has 0 aliphatic carbocycles. The van der Waals surface area contributed by atoms with Crippen LogP contribution in [0.4, 0.5) is 0 Å². The second-order valence-corrected chi connectivity index (χ2v) is 3.75. The normalized spacial score (nSPS) is 16.4. The summed E-state index contributed by atoms with van der Waals surface area (Å²) in [6, 6.07) is 3.52. The van der Waals surface area contributed by atoms with E-state index in [-0.39, 0.29) is 5.91 Å². The summed E-state index contributed by atoms with van der Waals surface area (Å²) in [7, 11) is 0. The Labute approximate surface area is 88.6 Å². The summed E-state index contributed by atoms with van der Waals surface area (Å²) in [6.45, 7) is 5.75. The number of nitrogens with zero attached hydrogens (tertiary/aromatic N) is 2. The maximum Gasteiger partial charge on any atom is 0.289 e. The number of carbonyl (C=O) groups excluding carboxylic acids is 1. The van der Waals surface area contributed by atoms with Gasteiger partial charge >= 0.3 is 0 Å². The van der Waals surface area contributed by atoms with E-state index < -0.39 is 0 Å². The Kier molecular flexibility index (Phi) is 2.58. The molecule has 1 aromatic heterocycles. The molecule has 15 heavy (non-hydrogen) atoms. The largest absolute Gasteiger partial charge is 0.456 e. The number of rotatable bonds is 1. The smallest absolute Gasteiger partial charge is 0.289 e. The quantitative estimate of drug-likeness (QED) is 0.699. The van der Waals surface area contributed by atoms with Gasteiger partial charge in [-0.2, -0.15) is 0 Å². The van der Waals surface area contributed by atoms with E-state index in [1.807, 2.05) is 13.8 Å². The Morgan fingerprint density at radius 2 is 2.27 bits per heavy atom. The number of aliphatic imine (C=N–C) groups is 1. The lowest BCUT2D eigenvalue weighted by Crippen LogP contribution is -2.39. The molecule has 0 saturated heterocycles. The minimum Gasteiger partial charge on any atom is -0.456 e. The van der Waals surface area contributed by atoms with E-state index in [2.05, 4.69) is 4.99 Å². The van der Waals surface area contributed by atoms with Gasteiger partial charge in [-0.15, -0.1) is 0 Å². The van der Waals surface area contributed by atoms with Gasteiger partial charge in [-0.25, -0.2) is 0 Å². The molecule has 4 heteroatoms. The average Bonchev–Trinajstić information content (AvgIpc) is 2.64. The van der Waals surface area contributed by atoms with E-state index in [1.165, 1.54) is 0 Å². The zero-order valence-corrected chi connectivity index (χ0v) is 8.99. The van der Waals surface area contributed by atoms with Crippen molar-refractivity contribution in [2.45, 2.75) is 13.8 Å². The van der Waals surface area contributed by atoms with Gasteiger partial charge in [-0.1, -0.05) is 0 Å². The second-order valence-electron chi connectivity index (χ2n) is 3.75. The van der Waals surface area contributed by atoms with Crippen LogP contribution in [0.5, 0.6) is 0 Å². The molecule has 0 spiro atoms. The Hall–Kier alpha value is -1.58. The first kappa shape index (κ1) is 9.96. The molecule has 80 valence electrons. The van der Waals surface area contributed by atoms with Crippen molar-refractivity contribution in [3.05, 3.63) is 23.7 Å². The van der Waals surface area contributed by atoms with Crippen molar-refractivity contribution in [3.63, 3.8) is 0 Å². The van der Waals surface area contributed by atoms with Crippen LogP contribution in [-0.2, 0) is 0 Å². The van der Waals surface area contributed by atoms with Crippen molar-refractivity contribution >= 4 is 11.6 Å². The third-order valence-corrected chi connectivity index (χ3v) is 2.41. The first-order valence-electron chi connectivity index (χ1n) is 5.02. The zero-order valence-electron chi connectivity index (χ0n) is 8.99. The first-order valence-corrected chi connectivity index (χ1v) is 5.02. The monoisotopic (exact) mass is 206 g/mol. The summed E-state index contributed by atoms with van der Waals surface area (Å²) >= 11 is 0. The third-order valence-electron chi connectivity index (χ3n) is 2.41. The molecule has 2 rings (SSSR count). The zero-order chi connectivity index (χ0) is 10.8. The highest BCUT2D eigenvalue weighted by atomic mass is 16.3. The van der Waals surface area contributed by atoms with E-state index >= 15 is 0 Å². The van der Waals surface area contributed by atoms with Crippen molar-refractivity contribution in [3.8, 4) is 0 Å². The molecular weight excluding hydrogens is 192 g/mol. The van der Waals surface area contributed by atoms with Crippen LogP contribution in [0, 0.1) is 6.92 Å². The molecular formula is C11H14N2O2. The van der Waals surface area contributed by atoms with Crippen LogP contribution in [0.1, 0.15) is 23.2 Å². The highest BCUT2D eigenvalue weighted by Crippen LogP contribution is 2.11. The fourth-order valence-corrected chi connectivity index (χ4v) is 1.65. The molecule has 1 aliphatic rings. The van der Waals surface area contributed by atoms with E-state index in [0.29, 0.717) is 25.4 Å². The van der Waals surface area contributed by atoms with Crippen LogP contribution in [0.3, 0.4) is 0 Å². The molecule has 4 nitrogen and oxygen atoms in total. The molecule has 2 heterocycles. The van der Waals surface area contributed by atoms with Crippen molar-refractivity contribution in [2.75, 3.05) is 19.6 Å². The predicted octanol–water partition coefficient (Wildman–Crippen LogP) is 1.50. The van der Waals surface area contributed by atoms with E-state index in [4.69, 9.17) is 4.42 Å². The highest BCUT2D eigenvalue weighted by molar-refractivity contribution is 5.96. The summed E-state index contributed by atoms with van der Waals surface area (Å²) in [4.78, 5) is 18.0. The van der Waals surface area contributed by atoms with E-state index in [1.54, 1.807) is 17.0 Å². The summed E-state index contributed by atoms with van der Waals surface area (Å²) in [5, 5.41) is 0. The summed E-state index contributed by atoms with van der Waals surface area (Å²) in [5.74, 6) is 1.14. The molecule has 0 radical (unpaired) electrons. The van der Waals surface area contributed by atoms with Gasteiger partial charge in [0.2, 0.25) is 0 Å². The van der Waals surface area contributed by atoms with Crippen LogP contribution in [0.2, 0.25) is 0 Å². The Morgan fingerprint density at radius 3 is 2.87 bits per heavy atom. The molecule has 0 unspecified atom stereocenters. The molecule has 0 bridgehead atoms. The van der Waals surface area contributed by atoms with Crippen molar-refractivity contribution in [1.82, 2.24) is 4.90 Å². The first-order chi connectivity index (χ1) is 7.16. The van der Waals surface area contributed by atoms with Crippen LogP contribution >= 0.6 is 0 Å². The van der Waals surface area contributed by atoms with Crippen LogP contribution in [0.15, 0.2) is 21.5 Å². The molecule has 0 N–H and O–H groups in total. The topological polar surface area (TPSA) is 45.8 Å². The number of amides is 1. The minimum atomic E-state index is -0.0441. The van der Waals surface area contributed by atoms with Gasteiger partial charge < -0.3 is 9.32 Å². The molecule has 1 aliphatic heterocycles. The molecule has 0 aromatic carbocycles. The average molecular weight is 206 g/mol. The summed E-state index contributed by atoms with van der Waals surface area (Å²) < 4.78 is 5.30. The number of carbonyl (C=O) groups is 1. The van der Waals surface area contributed by atoms with Crippen LogP contribution < -0.4 is 0 Å². The second kappa shape index (κ2) is 3.88. The van der Waals surface area contributed by atoms with E-state index in [9.17, 15) is 4.79 Å². The van der Waals surface area contributed by atoms with Crippen molar-refractivity contribution < 1.29 is 9.21 Å². The maximum atomic E-state index is 11.9. The van der Waals surface area contributed by atoms with Crippen molar-refractivity contribution in [1.29, 1.82) is 0 Å². The highest BCUT2D eigenvalue weighted by Gasteiger charge is 2.21. The maximum absolute atomic E-state index is 11.9. The van der Waals surface area contributed by atoms with Gasteiger partial charge in [-0.3, -0.25) is 9.79 Å². The number of hydrogen-bond donors (Lipinski definition) is 0. The Morgan fingerprint density at radius 1 is 1.47 bits per heavy atom. The number of furan rings is 1. The van der Waals surface area contributed by atoms with Crippen molar-refractivity contribution in [2.24, 2.45) is 4.99 Å². The standard InChI is InChI=1S/C11H14N2O2/c1-8-7-13(6-5-12-8)11(14)10-4-3-9(2)15-10/h3-4H,5-7H2,1-2H3. The molecule has 0 saturated carbocycles. The lowest BCUT2D eigenvalue weighted by Gasteiger charge is -2.24. The fraction of sp³-hybridized carbons (Fsp3) is 0.455. The van der Waals surface area contributed by atoms with Crippen LogP contribution in [-0.4, -0.2) is 36.2 Å². The molecule has 1 amide bonds. The molecule has 1 aromatic rings.